The predicted octanol–water partition coefficient (Wildman–Crippen LogP) is 0.759. The van der Waals surface area contributed by atoms with Crippen LogP contribution in [0.3, 0.4) is 0 Å². The summed E-state index contributed by atoms with van der Waals surface area (Å²) >= 11 is 0. The monoisotopic (exact) mass is 246 g/mol. The van der Waals surface area contributed by atoms with E-state index in [0.29, 0.717) is 5.82 Å². The molecule has 0 saturated carbocycles. The van der Waals surface area contributed by atoms with Crippen LogP contribution in [0.4, 0.5) is 0 Å². The molecule has 2 rings (SSSR count). The number of benzene rings is 1. The number of carbonyl (C=O) groups is 1. The highest BCUT2D eigenvalue weighted by Crippen LogP contribution is 2.17. The van der Waals surface area contributed by atoms with E-state index >= 15 is 0 Å². The van der Waals surface area contributed by atoms with Gasteiger partial charge in [-0.3, -0.25) is 9.48 Å². The Balaban J connectivity index is 2.05. The standard InChI is InChI=1S/C12H14N4O2/c1-8-3-4-10(17)9(5-8)12(18)13-6-11-14-7-16(2)15-11/h3-5,7,17H,6H2,1-2H3,(H,13,18). The first-order valence-corrected chi connectivity index (χ1v) is 5.48. The van der Waals surface area contributed by atoms with Crippen molar-refractivity contribution in [3.8, 4) is 5.75 Å². The number of aryl methyl sites for hydroxylation is 2. The topological polar surface area (TPSA) is 80.0 Å². The third kappa shape index (κ3) is 2.65. The summed E-state index contributed by atoms with van der Waals surface area (Å²) in [4.78, 5) is 15.9. The highest BCUT2D eigenvalue weighted by atomic mass is 16.3. The van der Waals surface area contributed by atoms with Gasteiger partial charge in [-0.15, -0.1) is 0 Å². The zero-order valence-corrected chi connectivity index (χ0v) is 10.2. The fraction of sp³-hybridized carbons (Fsp3) is 0.250. The Labute approximate surface area is 104 Å². The Morgan fingerprint density at radius 1 is 1.50 bits per heavy atom. The molecule has 2 N–H and O–H groups in total. The number of nitrogens with one attached hydrogen (secondary N) is 1. The van der Waals surface area contributed by atoms with Crippen LogP contribution in [-0.2, 0) is 13.6 Å². The van der Waals surface area contributed by atoms with Crippen LogP contribution in [0, 0.1) is 6.92 Å². The fourth-order valence-corrected chi connectivity index (χ4v) is 1.55. The van der Waals surface area contributed by atoms with Gasteiger partial charge in [0.1, 0.15) is 12.1 Å². The molecule has 2 aromatic rings. The second-order valence-corrected chi connectivity index (χ2v) is 4.04. The van der Waals surface area contributed by atoms with Crippen LogP contribution in [0.1, 0.15) is 21.7 Å². The normalized spacial score (nSPS) is 10.3. The number of aromatic nitrogens is 3. The van der Waals surface area contributed by atoms with Crippen LogP contribution >= 0.6 is 0 Å². The van der Waals surface area contributed by atoms with Gasteiger partial charge in [0, 0.05) is 7.05 Å². The van der Waals surface area contributed by atoms with Crippen molar-refractivity contribution in [2.75, 3.05) is 0 Å². The van der Waals surface area contributed by atoms with Crippen molar-refractivity contribution in [1.82, 2.24) is 20.1 Å². The third-order valence-corrected chi connectivity index (χ3v) is 2.45. The molecule has 0 spiro atoms. The summed E-state index contributed by atoms with van der Waals surface area (Å²) in [6.45, 7) is 2.09. The molecule has 1 heterocycles. The van der Waals surface area contributed by atoms with E-state index in [1.54, 1.807) is 30.2 Å². The molecule has 0 aliphatic carbocycles. The highest BCUT2D eigenvalue weighted by molar-refractivity contribution is 5.96. The van der Waals surface area contributed by atoms with E-state index < -0.39 is 0 Å². The molecule has 0 radical (unpaired) electrons. The number of hydrogen-bond acceptors (Lipinski definition) is 4. The first-order valence-electron chi connectivity index (χ1n) is 5.48. The minimum absolute atomic E-state index is 0.0351. The van der Waals surface area contributed by atoms with Crippen LogP contribution in [-0.4, -0.2) is 25.8 Å². The minimum atomic E-state index is -0.344. The molecule has 1 aromatic heterocycles. The average Bonchev–Trinajstić information content (AvgIpc) is 2.75. The molecule has 18 heavy (non-hydrogen) atoms. The summed E-state index contributed by atoms with van der Waals surface area (Å²) in [5.41, 5.74) is 1.17. The van der Waals surface area contributed by atoms with E-state index in [0.717, 1.165) is 5.56 Å². The van der Waals surface area contributed by atoms with Gasteiger partial charge < -0.3 is 10.4 Å². The Hall–Kier alpha value is -2.37. The number of rotatable bonds is 3. The van der Waals surface area contributed by atoms with Crippen LogP contribution in [0.25, 0.3) is 0 Å². The summed E-state index contributed by atoms with van der Waals surface area (Å²) < 4.78 is 1.56. The highest BCUT2D eigenvalue weighted by Gasteiger charge is 2.11. The van der Waals surface area contributed by atoms with Crippen LogP contribution in [0.15, 0.2) is 24.5 Å². The van der Waals surface area contributed by atoms with Crippen LogP contribution in [0.2, 0.25) is 0 Å². The predicted molar refractivity (Wildman–Crippen MR) is 65.0 cm³/mol. The Kier molecular flexibility index (Phi) is 3.27. The zero-order valence-electron chi connectivity index (χ0n) is 10.2. The number of phenols is 1. The van der Waals surface area contributed by atoms with Gasteiger partial charge in [0.25, 0.3) is 5.91 Å². The number of amides is 1. The molecule has 1 aromatic carbocycles. The second kappa shape index (κ2) is 4.87. The van der Waals surface area contributed by atoms with Crippen molar-refractivity contribution >= 4 is 5.91 Å². The van der Waals surface area contributed by atoms with Crippen molar-refractivity contribution in [3.05, 3.63) is 41.5 Å². The minimum Gasteiger partial charge on any atom is -0.507 e. The van der Waals surface area contributed by atoms with Crippen molar-refractivity contribution in [3.63, 3.8) is 0 Å². The number of nitrogens with zero attached hydrogens (tertiary/aromatic N) is 3. The van der Waals surface area contributed by atoms with Crippen LogP contribution in [0.5, 0.6) is 5.75 Å². The lowest BCUT2D eigenvalue weighted by molar-refractivity contribution is 0.0947. The third-order valence-electron chi connectivity index (χ3n) is 2.45. The van der Waals surface area contributed by atoms with Crippen LogP contribution < -0.4 is 5.32 Å². The summed E-state index contributed by atoms with van der Waals surface area (Å²) in [6, 6.07) is 4.88. The lowest BCUT2D eigenvalue weighted by Crippen LogP contribution is -2.23. The van der Waals surface area contributed by atoms with Crippen molar-refractivity contribution < 1.29 is 9.90 Å². The maximum atomic E-state index is 11.9. The van der Waals surface area contributed by atoms with Gasteiger partial charge in [0.15, 0.2) is 5.82 Å². The van der Waals surface area contributed by atoms with Gasteiger partial charge in [-0.25, -0.2) is 4.98 Å². The Morgan fingerprint density at radius 3 is 2.94 bits per heavy atom. The van der Waals surface area contributed by atoms with E-state index in [4.69, 9.17) is 0 Å². The maximum absolute atomic E-state index is 11.9. The molecule has 6 heteroatoms. The largest absolute Gasteiger partial charge is 0.507 e. The molecule has 1 amide bonds. The molecular weight excluding hydrogens is 232 g/mol. The van der Waals surface area contributed by atoms with Gasteiger partial charge in [0.05, 0.1) is 12.1 Å². The molecule has 0 unspecified atom stereocenters. The first-order chi connectivity index (χ1) is 8.56. The summed E-state index contributed by atoms with van der Waals surface area (Å²) in [5, 5.41) is 16.3. The lowest BCUT2D eigenvalue weighted by atomic mass is 10.1. The number of aromatic hydroxyl groups is 1. The van der Waals surface area contributed by atoms with Gasteiger partial charge in [-0.05, 0) is 19.1 Å². The number of hydrogen-bond donors (Lipinski definition) is 2. The van der Waals surface area contributed by atoms with Crippen molar-refractivity contribution in [1.29, 1.82) is 0 Å². The van der Waals surface area contributed by atoms with E-state index in [-0.39, 0.29) is 23.8 Å². The first kappa shape index (κ1) is 12.1. The molecule has 0 fully saturated rings. The SMILES string of the molecule is Cc1ccc(O)c(C(=O)NCc2ncn(C)n2)c1. The number of phenolic OH excluding ortho intramolecular Hbond substituents is 1. The quantitative estimate of drug-likeness (QED) is 0.837. The lowest BCUT2D eigenvalue weighted by Gasteiger charge is -2.06. The van der Waals surface area contributed by atoms with Crippen molar-refractivity contribution in [2.45, 2.75) is 13.5 Å². The van der Waals surface area contributed by atoms with E-state index in [9.17, 15) is 9.90 Å². The van der Waals surface area contributed by atoms with Gasteiger partial charge >= 0.3 is 0 Å². The van der Waals surface area contributed by atoms with E-state index in [1.165, 1.54) is 6.07 Å². The second-order valence-electron chi connectivity index (χ2n) is 4.04. The van der Waals surface area contributed by atoms with Crippen molar-refractivity contribution in [2.24, 2.45) is 7.05 Å². The molecule has 0 aliphatic heterocycles. The molecule has 94 valence electrons. The van der Waals surface area contributed by atoms with Gasteiger partial charge in [0.2, 0.25) is 0 Å². The van der Waals surface area contributed by atoms with E-state index in [2.05, 4.69) is 15.4 Å². The maximum Gasteiger partial charge on any atom is 0.255 e. The summed E-state index contributed by atoms with van der Waals surface area (Å²) in [6.07, 6.45) is 1.56. The van der Waals surface area contributed by atoms with Gasteiger partial charge in [-0.1, -0.05) is 11.6 Å². The Morgan fingerprint density at radius 2 is 2.28 bits per heavy atom. The molecule has 6 nitrogen and oxygen atoms in total. The molecule has 0 bridgehead atoms. The van der Waals surface area contributed by atoms with E-state index in [1.807, 2.05) is 6.92 Å². The fourth-order valence-electron chi connectivity index (χ4n) is 1.55. The molecular formula is C12H14N4O2. The molecule has 0 atom stereocenters. The molecule has 0 aliphatic rings. The Bertz CT molecular complexity index is 577. The average molecular weight is 246 g/mol. The van der Waals surface area contributed by atoms with Gasteiger partial charge in [-0.2, -0.15) is 5.10 Å². The molecule has 0 saturated heterocycles. The summed E-state index contributed by atoms with van der Waals surface area (Å²) in [7, 11) is 1.75. The zero-order chi connectivity index (χ0) is 13.1. The smallest absolute Gasteiger partial charge is 0.255 e. The number of carbonyl (C=O) groups excluding carboxylic acids is 1. The summed E-state index contributed by atoms with van der Waals surface area (Å²) in [5.74, 6) is 0.147.